The monoisotopic (exact) mass is 781 g/mol. The lowest BCUT2D eigenvalue weighted by Crippen LogP contribution is -2.50. The number of halogens is 2. The lowest BCUT2D eigenvalue weighted by molar-refractivity contribution is -0.360. The van der Waals surface area contributed by atoms with Crippen LogP contribution in [0.2, 0.25) is 0 Å². The lowest BCUT2D eigenvalue weighted by Gasteiger charge is -2.39. The van der Waals surface area contributed by atoms with Gasteiger partial charge in [0.2, 0.25) is 0 Å². The summed E-state index contributed by atoms with van der Waals surface area (Å²) in [7, 11) is 0. The van der Waals surface area contributed by atoms with Gasteiger partial charge in [0, 0.05) is 71.6 Å². The Hall–Kier alpha value is -5.56. The molecule has 0 saturated carbocycles. The minimum Gasteiger partial charge on any atom is -0.484 e. The number of piperidine rings is 1. The van der Waals surface area contributed by atoms with E-state index in [1.807, 2.05) is 35.7 Å². The summed E-state index contributed by atoms with van der Waals surface area (Å²) in [5.41, 5.74) is 6.89. The Bertz CT molecular complexity index is 2580. The maximum Gasteiger partial charge on any atom is 0.737 e. The number of allylic oxidation sites excluding steroid dienone is 2. The summed E-state index contributed by atoms with van der Waals surface area (Å²) in [5.74, 6) is 0.190. The molecule has 4 aliphatic rings. The summed E-state index contributed by atoms with van der Waals surface area (Å²) in [4.78, 5) is 16.3. The van der Waals surface area contributed by atoms with Crippen LogP contribution in [0.25, 0.3) is 27.6 Å². The Morgan fingerprint density at radius 3 is 2.61 bits per heavy atom. The van der Waals surface area contributed by atoms with Gasteiger partial charge in [-0.15, -0.1) is 11.3 Å². The third-order valence-electron chi connectivity index (χ3n) is 12.0. The van der Waals surface area contributed by atoms with Gasteiger partial charge in [0.05, 0.1) is 17.7 Å². The predicted molar refractivity (Wildman–Crippen MR) is 223 cm³/mol. The molecule has 12 heteroatoms. The number of anilines is 1. The van der Waals surface area contributed by atoms with Crippen LogP contribution in [-0.2, 0) is 28.3 Å². The average molecular weight is 782 g/mol. The van der Waals surface area contributed by atoms with Crippen molar-refractivity contribution in [3.8, 4) is 16.3 Å². The van der Waals surface area contributed by atoms with Crippen LogP contribution in [0.15, 0.2) is 126 Å². The number of thiophene rings is 1. The second kappa shape index (κ2) is 14.4. The van der Waals surface area contributed by atoms with Gasteiger partial charge in [-0.3, -0.25) is 4.79 Å². The summed E-state index contributed by atoms with van der Waals surface area (Å²) < 4.78 is 49.4. The summed E-state index contributed by atoms with van der Waals surface area (Å²) in [6.45, 7) is 0.493. The number of benzene rings is 3. The van der Waals surface area contributed by atoms with Gasteiger partial charge in [-0.05, 0) is 115 Å². The highest BCUT2D eigenvalue weighted by molar-refractivity contribution is 7.13. The molecule has 0 aliphatic carbocycles. The molecule has 1 amide bonds. The van der Waals surface area contributed by atoms with Crippen molar-refractivity contribution in [2.75, 3.05) is 31.6 Å². The van der Waals surface area contributed by atoms with Crippen molar-refractivity contribution < 1.29 is 27.4 Å². The number of ether oxygens (including phenoxy) is 2. The first-order chi connectivity index (χ1) is 27.8. The number of nitrogens with one attached hydrogen (secondary N) is 1. The second-order valence-corrected chi connectivity index (χ2v) is 16.3. The van der Waals surface area contributed by atoms with E-state index in [1.165, 1.54) is 22.5 Å². The van der Waals surface area contributed by atoms with E-state index in [-0.39, 0.29) is 18.1 Å². The third-order valence-corrected chi connectivity index (χ3v) is 12.9. The van der Waals surface area contributed by atoms with Crippen LogP contribution in [0, 0.1) is 0 Å². The van der Waals surface area contributed by atoms with Gasteiger partial charge < -0.3 is 41.9 Å². The van der Waals surface area contributed by atoms with Gasteiger partial charge in [-0.25, -0.2) is 0 Å². The lowest BCUT2D eigenvalue weighted by atomic mass is 9.84. The van der Waals surface area contributed by atoms with E-state index in [2.05, 4.69) is 51.3 Å². The Morgan fingerprint density at radius 2 is 1.77 bits per heavy atom. The predicted octanol–water partition coefficient (Wildman–Crippen LogP) is 9.14. The highest BCUT2D eigenvalue weighted by atomic mass is 32.1. The number of nitrogens with zero attached hydrogens (tertiary/aromatic N) is 4. The molecule has 6 aromatic rings. The molecule has 8 nitrogen and oxygen atoms in total. The maximum atomic E-state index is 16.3. The molecule has 0 atom stereocenters. The average Bonchev–Trinajstić information content (AvgIpc) is 4.08. The molecule has 288 valence electrons. The van der Waals surface area contributed by atoms with Crippen LogP contribution in [-0.4, -0.2) is 63.3 Å². The molecule has 3 aromatic carbocycles. The van der Waals surface area contributed by atoms with Crippen molar-refractivity contribution in [1.29, 1.82) is 0 Å². The molecule has 0 unspecified atom stereocenters. The summed E-state index contributed by atoms with van der Waals surface area (Å²) in [6.07, 6.45) is 11.6. The standard InChI is InChI=1S/C45H42BF2N5O3S/c47-46(48)52-36(29-37-14-18-41(53(37)46)43-8-5-27-57-43)13-17-40(52)32-10-15-38(16-11-32)55-31-44(54)49-35-12-9-33-19-24-51(42(33)28-35)23-4-3-22-50-25-20-45(21-26-50)39-7-2-1-6-34(39)30-56-45/h1-2,5-19,24,27-29H,3-4,20-23,25-26,30-31H2,(H,49,54). The van der Waals surface area contributed by atoms with Crippen LogP contribution in [0.4, 0.5) is 14.3 Å². The SMILES string of the molecule is O=C(COc1ccc(C2=[N+]3C(=Cc4ccc(-c5cccs5)n4[B-]3(F)F)C=C2)cc1)Nc1ccc2ccn(CCCCN3CCC4(CC3)OCc3ccccc34)c2c1. The van der Waals surface area contributed by atoms with Crippen molar-refractivity contribution in [3.05, 3.63) is 149 Å². The van der Waals surface area contributed by atoms with E-state index in [4.69, 9.17) is 9.47 Å². The first kappa shape index (κ1) is 35.8. The number of likely N-dealkylation sites (tertiary alicyclic amines) is 1. The normalized spacial score (nSPS) is 17.8. The molecule has 57 heavy (non-hydrogen) atoms. The van der Waals surface area contributed by atoms with Gasteiger partial charge in [-0.1, -0.05) is 36.4 Å². The van der Waals surface area contributed by atoms with Crippen LogP contribution in [0.3, 0.4) is 0 Å². The fourth-order valence-corrected chi connectivity index (χ4v) is 9.81. The van der Waals surface area contributed by atoms with Gasteiger partial charge in [0.1, 0.15) is 5.75 Å². The number of aryl methyl sites for hydroxylation is 1. The minimum atomic E-state index is -4.15. The topological polar surface area (TPSA) is 63.7 Å². The zero-order valence-corrected chi connectivity index (χ0v) is 32.3. The van der Waals surface area contributed by atoms with Gasteiger partial charge in [-0.2, -0.15) is 0 Å². The van der Waals surface area contributed by atoms with Crippen molar-refractivity contribution in [2.24, 2.45) is 0 Å². The quantitative estimate of drug-likeness (QED) is 0.105. The van der Waals surface area contributed by atoms with Crippen LogP contribution in [0.5, 0.6) is 5.75 Å². The fourth-order valence-electron chi connectivity index (χ4n) is 9.06. The van der Waals surface area contributed by atoms with Crippen molar-refractivity contribution in [2.45, 2.75) is 44.4 Å². The van der Waals surface area contributed by atoms with Crippen molar-refractivity contribution in [3.63, 3.8) is 0 Å². The summed E-state index contributed by atoms with van der Waals surface area (Å²) in [6, 6.07) is 30.9. The molecule has 1 spiro atoms. The fraction of sp³-hybridized carbons (Fsp3) is 0.244. The van der Waals surface area contributed by atoms with Gasteiger partial charge in [0.15, 0.2) is 18.0 Å². The second-order valence-electron chi connectivity index (χ2n) is 15.4. The Balaban J connectivity index is 0.726. The van der Waals surface area contributed by atoms with Crippen LogP contribution < -0.4 is 10.1 Å². The smallest absolute Gasteiger partial charge is 0.484 e. The zero-order valence-electron chi connectivity index (χ0n) is 31.5. The van der Waals surface area contributed by atoms with E-state index in [1.54, 1.807) is 54.6 Å². The minimum absolute atomic E-state index is 0.0965. The molecule has 10 rings (SSSR count). The van der Waals surface area contributed by atoms with E-state index < -0.39 is 6.97 Å². The number of rotatable bonds is 11. The van der Waals surface area contributed by atoms with E-state index in [0.29, 0.717) is 39.8 Å². The highest BCUT2D eigenvalue weighted by Crippen LogP contribution is 2.44. The number of amides is 1. The van der Waals surface area contributed by atoms with Gasteiger partial charge in [0.25, 0.3) is 5.91 Å². The molecular formula is C45H42BF2N5O3S. The number of aromatic nitrogens is 2. The molecule has 4 aliphatic heterocycles. The van der Waals surface area contributed by atoms with Crippen molar-refractivity contribution in [1.82, 2.24) is 13.9 Å². The summed E-state index contributed by atoms with van der Waals surface area (Å²) in [5, 5.41) is 5.99. The first-order valence-corrected chi connectivity index (χ1v) is 20.6. The number of hydrogen-bond donors (Lipinski definition) is 1. The van der Waals surface area contributed by atoms with Crippen molar-refractivity contribution >= 4 is 52.6 Å². The molecule has 1 saturated heterocycles. The number of fused-ring (bicyclic) bond motifs is 5. The zero-order chi connectivity index (χ0) is 38.6. The first-order valence-electron chi connectivity index (χ1n) is 19.8. The Morgan fingerprint density at radius 1 is 0.930 bits per heavy atom. The molecule has 1 N–H and O–H groups in total. The Kier molecular flexibility index (Phi) is 9.07. The molecule has 3 aromatic heterocycles. The van der Waals surface area contributed by atoms with E-state index >= 15 is 8.63 Å². The largest absolute Gasteiger partial charge is 0.737 e. The highest BCUT2D eigenvalue weighted by Gasteiger charge is 2.53. The molecule has 0 bridgehead atoms. The number of hydrogen-bond acceptors (Lipinski definition) is 5. The van der Waals surface area contributed by atoms with Gasteiger partial charge >= 0.3 is 6.97 Å². The molecular weight excluding hydrogens is 739 g/mol. The Labute approximate surface area is 334 Å². The van der Waals surface area contributed by atoms with E-state index in [0.717, 1.165) is 83.2 Å². The maximum absolute atomic E-state index is 16.3. The molecule has 0 radical (unpaired) electrons. The molecule has 7 heterocycles. The number of carbonyl (C=O) groups is 1. The molecule has 1 fully saturated rings. The summed E-state index contributed by atoms with van der Waals surface area (Å²) >= 11 is 1.44. The van der Waals surface area contributed by atoms with E-state index in [9.17, 15) is 4.79 Å². The van der Waals surface area contributed by atoms with Crippen LogP contribution in [0.1, 0.15) is 48.1 Å². The van der Waals surface area contributed by atoms with Crippen LogP contribution >= 0.6 is 11.3 Å². The third kappa shape index (κ3) is 6.55. The number of unbranched alkanes of at least 4 members (excludes halogenated alkanes) is 1. The number of carbonyl (C=O) groups excluding carboxylic acids is 1.